The highest BCUT2D eigenvalue weighted by atomic mass is 32.2. The van der Waals surface area contributed by atoms with Gasteiger partial charge in [0.25, 0.3) is 0 Å². The molecule has 0 aliphatic rings. The standard InChI is InChI=1S/C13H16N2O4S/c1-9(16)14-15-12(17)8-20-11(13(18)19)7-10-5-3-2-4-6-10/h2-6,11H,7-8H2,1H3,(H,14,16)(H,15,17)(H,18,19). The Labute approximate surface area is 120 Å². The molecule has 2 amide bonds. The van der Waals surface area contributed by atoms with Crippen molar-refractivity contribution < 1.29 is 19.5 Å². The minimum absolute atomic E-state index is 0.0376. The van der Waals surface area contributed by atoms with E-state index in [-0.39, 0.29) is 11.7 Å². The predicted molar refractivity (Wildman–Crippen MR) is 76.0 cm³/mol. The van der Waals surface area contributed by atoms with Crippen LogP contribution in [0.15, 0.2) is 30.3 Å². The fourth-order valence-electron chi connectivity index (χ4n) is 1.42. The maximum atomic E-state index is 11.4. The van der Waals surface area contributed by atoms with Gasteiger partial charge in [0, 0.05) is 6.92 Å². The second-order valence-electron chi connectivity index (χ2n) is 4.06. The predicted octanol–water partition coefficient (Wildman–Crippen LogP) is 0.583. The first-order chi connectivity index (χ1) is 9.49. The van der Waals surface area contributed by atoms with Crippen LogP contribution in [0.3, 0.4) is 0 Å². The third-order valence-corrected chi connectivity index (χ3v) is 3.53. The Morgan fingerprint density at radius 1 is 1.20 bits per heavy atom. The molecule has 0 aliphatic carbocycles. The summed E-state index contributed by atoms with van der Waals surface area (Å²) in [6, 6.07) is 9.21. The van der Waals surface area contributed by atoms with Gasteiger partial charge in [-0.2, -0.15) is 0 Å². The van der Waals surface area contributed by atoms with Crippen LogP contribution in [-0.4, -0.2) is 33.9 Å². The lowest BCUT2D eigenvalue weighted by Crippen LogP contribution is -2.41. The zero-order valence-corrected chi connectivity index (χ0v) is 11.8. The highest BCUT2D eigenvalue weighted by Gasteiger charge is 2.19. The van der Waals surface area contributed by atoms with E-state index in [0.29, 0.717) is 6.42 Å². The van der Waals surface area contributed by atoms with Crippen LogP contribution in [0.5, 0.6) is 0 Å². The number of rotatable bonds is 6. The van der Waals surface area contributed by atoms with Crippen molar-refractivity contribution in [2.24, 2.45) is 0 Å². The summed E-state index contributed by atoms with van der Waals surface area (Å²) in [6.45, 7) is 1.27. The van der Waals surface area contributed by atoms with Crippen molar-refractivity contribution >= 4 is 29.5 Å². The quantitative estimate of drug-likeness (QED) is 0.668. The second kappa shape index (κ2) is 8.21. The van der Waals surface area contributed by atoms with Gasteiger partial charge in [0.15, 0.2) is 0 Å². The number of amides is 2. The van der Waals surface area contributed by atoms with E-state index in [1.54, 1.807) is 0 Å². The number of thioether (sulfide) groups is 1. The zero-order chi connectivity index (χ0) is 15.0. The number of carboxylic acid groups (broad SMARTS) is 1. The van der Waals surface area contributed by atoms with Crippen LogP contribution in [0, 0.1) is 0 Å². The highest BCUT2D eigenvalue weighted by molar-refractivity contribution is 8.01. The summed E-state index contributed by atoms with van der Waals surface area (Å²) < 4.78 is 0. The van der Waals surface area contributed by atoms with Crippen LogP contribution in [-0.2, 0) is 20.8 Å². The normalized spacial score (nSPS) is 11.4. The van der Waals surface area contributed by atoms with Crippen molar-refractivity contribution in [3.8, 4) is 0 Å². The van der Waals surface area contributed by atoms with E-state index in [1.165, 1.54) is 6.92 Å². The molecule has 1 aromatic rings. The summed E-state index contributed by atoms with van der Waals surface area (Å²) in [4.78, 5) is 33.2. The molecule has 0 saturated carbocycles. The van der Waals surface area contributed by atoms with Crippen LogP contribution in [0.4, 0.5) is 0 Å². The average Bonchev–Trinajstić information content (AvgIpc) is 2.42. The number of carbonyl (C=O) groups excluding carboxylic acids is 2. The molecule has 0 radical (unpaired) electrons. The molecule has 1 rings (SSSR count). The van der Waals surface area contributed by atoms with Crippen molar-refractivity contribution in [2.45, 2.75) is 18.6 Å². The summed E-state index contributed by atoms with van der Waals surface area (Å²) in [5.41, 5.74) is 5.23. The van der Waals surface area contributed by atoms with Gasteiger partial charge in [0.05, 0.1) is 5.75 Å². The molecule has 1 aromatic carbocycles. The van der Waals surface area contributed by atoms with E-state index in [1.807, 2.05) is 30.3 Å². The third kappa shape index (κ3) is 6.24. The second-order valence-corrected chi connectivity index (χ2v) is 5.25. The lowest BCUT2D eigenvalue weighted by atomic mass is 10.1. The van der Waals surface area contributed by atoms with Gasteiger partial charge in [-0.15, -0.1) is 11.8 Å². The number of nitrogens with one attached hydrogen (secondary N) is 2. The first-order valence-electron chi connectivity index (χ1n) is 5.93. The Morgan fingerprint density at radius 3 is 2.40 bits per heavy atom. The molecule has 20 heavy (non-hydrogen) atoms. The minimum Gasteiger partial charge on any atom is -0.480 e. The number of benzene rings is 1. The highest BCUT2D eigenvalue weighted by Crippen LogP contribution is 2.16. The van der Waals surface area contributed by atoms with Gasteiger partial charge in [-0.05, 0) is 12.0 Å². The van der Waals surface area contributed by atoms with Crippen LogP contribution >= 0.6 is 11.8 Å². The van der Waals surface area contributed by atoms with Crippen molar-refractivity contribution in [3.63, 3.8) is 0 Å². The van der Waals surface area contributed by atoms with Crippen molar-refractivity contribution in [1.82, 2.24) is 10.9 Å². The van der Waals surface area contributed by atoms with Crippen molar-refractivity contribution in [3.05, 3.63) is 35.9 Å². The molecule has 0 aromatic heterocycles. The number of carboxylic acids is 1. The summed E-state index contributed by atoms with van der Waals surface area (Å²) in [5.74, 6) is -1.83. The number of hydrogen-bond donors (Lipinski definition) is 3. The first kappa shape index (κ1) is 16.0. The van der Waals surface area contributed by atoms with Crippen LogP contribution in [0.2, 0.25) is 0 Å². The van der Waals surface area contributed by atoms with Gasteiger partial charge >= 0.3 is 5.97 Å². The zero-order valence-electron chi connectivity index (χ0n) is 11.0. The number of hydrogen-bond acceptors (Lipinski definition) is 4. The van der Waals surface area contributed by atoms with Gasteiger partial charge in [-0.1, -0.05) is 30.3 Å². The molecule has 0 heterocycles. The lowest BCUT2D eigenvalue weighted by molar-refractivity contribution is -0.136. The Balaban J connectivity index is 2.46. The Kier molecular flexibility index (Phi) is 6.58. The number of carbonyl (C=O) groups is 3. The molecular formula is C13H16N2O4S. The molecule has 0 aliphatic heterocycles. The van der Waals surface area contributed by atoms with Crippen molar-refractivity contribution in [2.75, 3.05) is 5.75 Å². The van der Waals surface area contributed by atoms with Crippen LogP contribution < -0.4 is 10.9 Å². The average molecular weight is 296 g/mol. The summed E-state index contributed by atoms with van der Waals surface area (Å²) >= 11 is 1.02. The Hall–Kier alpha value is -2.02. The maximum Gasteiger partial charge on any atom is 0.316 e. The van der Waals surface area contributed by atoms with Crippen molar-refractivity contribution in [1.29, 1.82) is 0 Å². The van der Waals surface area contributed by atoms with E-state index in [4.69, 9.17) is 5.11 Å². The van der Waals surface area contributed by atoms with Gasteiger partial charge in [-0.25, -0.2) is 0 Å². The largest absolute Gasteiger partial charge is 0.480 e. The van der Waals surface area contributed by atoms with E-state index in [2.05, 4.69) is 10.9 Å². The van der Waals surface area contributed by atoms with Gasteiger partial charge in [0.2, 0.25) is 11.8 Å². The van der Waals surface area contributed by atoms with E-state index in [9.17, 15) is 14.4 Å². The van der Waals surface area contributed by atoms with Crippen LogP contribution in [0.25, 0.3) is 0 Å². The molecule has 0 saturated heterocycles. The molecule has 0 fully saturated rings. The summed E-state index contributed by atoms with van der Waals surface area (Å²) in [6.07, 6.45) is 0.342. The molecule has 0 spiro atoms. The minimum atomic E-state index is -0.966. The smallest absolute Gasteiger partial charge is 0.316 e. The number of aliphatic carboxylic acids is 1. The molecule has 0 bridgehead atoms. The van der Waals surface area contributed by atoms with E-state index in [0.717, 1.165) is 17.3 Å². The molecular weight excluding hydrogens is 280 g/mol. The monoisotopic (exact) mass is 296 g/mol. The molecule has 1 atom stereocenters. The summed E-state index contributed by atoms with van der Waals surface area (Å²) in [5, 5.41) is 8.44. The fraction of sp³-hybridized carbons (Fsp3) is 0.308. The maximum absolute atomic E-state index is 11.4. The first-order valence-corrected chi connectivity index (χ1v) is 6.97. The number of hydrazine groups is 1. The van der Waals surface area contributed by atoms with Gasteiger partial charge < -0.3 is 5.11 Å². The third-order valence-electron chi connectivity index (χ3n) is 2.33. The Bertz CT molecular complexity index is 479. The van der Waals surface area contributed by atoms with Gasteiger partial charge in [0.1, 0.15) is 5.25 Å². The van der Waals surface area contributed by atoms with E-state index >= 15 is 0 Å². The lowest BCUT2D eigenvalue weighted by Gasteiger charge is -2.12. The molecule has 108 valence electrons. The Morgan fingerprint density at radius 2 is 1.85 bits per heavy atom. The molecule has 7 heteroatoms. The molecule has 6 nitrogen and oxygen atoms in total. The molecule has 1 unspecified atom stereocenters. The fourth-order valence-corrected chi connectivity index (χ4v) is 2.29. The SMILES string of the molecule is CC(=O)NNC(=O)CSC(Cc1ccccc1)C(=O)O. The molecule has 3 N–H and O–H groups in total. The topological polar surface area (TPSA) is 95.5 Å². The van der Waals surface area contributed by atoms with E-state index < -0.39 is 17.1 Å². The van der Waals surface area contributed by atoms with Crippen LogP contribution in [0.1, 0.15) is 12.5 Å². The summed E-state index contributed by atoms with van der Waals surface area (Å²) in [7, 11) is 0. The van der Waals surface area contributed by atoms with Gasteiger partial charge in [-0.3, -0.25) is 25.2 Å².